The van der Waals surface area contributed by atoms with Crippen molar-refractivity contribution < 1.29 is 9.53 Å². The number of pyridine rings is 1. The van der Waals surface area contributed by atoms with Crippen LogP contribution in [-0.2, 0) is 6.54 Å². The number of amides is 1. The van der Waals surface area contributed by atoms with Crippen molar-refractivity contribution >= 4 is 22.8 Å². The Hall–Kier alpha value is -3.67. The summed E-state index contributed by atoms with van der Waals surface area (Å²) in [7, 11) is 1.66. The number of carbonyl (C=O) groups is 1. The van der Waals surface area contributed by atoms with Crippen molar-refractivity contribution in [2.24, 2.45) is 0 Å². The molecule has 0 bridgehead atoms. The number of hydrogen-bond acceptors (Lipinski definition) is 4. The first kappa shape index (κ1) is 18.7. The normalized spacial score (nSPS) is 10.9. The van der Waals surface area contributed by atoms with Gasteiger partial charge in [-0.05, 0) is 49.7 Å². The van der Waals surface area contributed by atoms with E-state index in [2.05, 4.69) is 20.9 Å². The fraction of sp³-hybridized carbons (Fsp3) is 0.174. The predicted molar refractivity (Wildman–Crippen MR) is 113 cm³/mol. The van der Waals surface area contributed by atoms with Gasteiger partial charge in [0.15, 0.2) is 5.65 Å². The van der Waals surface area contributed by atoms with Crippen LogP contribution in [0.2, 0.25) is 0 Å². The van der Waals surface area contributed by atoms with E-state index in [0.717, 1.165) is 34.0 Å². The number of nitrogens with one attached hydrogen (secondary N) is 1. The Kier molecular flexibility index (Phi) is 4.99. The van der Waals surface area contributed by atoms with E-state index in [1.54, 1.807) is 19.2 Å². The maximum Gasteiger partial charge on any atom is 0.255 e. The average molecular weight is 386 g/mol. The third kappa shape index (κ3) is 3.82. The minimum Gasteiger partial charge on any atom is -0.497 e. The van der Waals surface area contributed by atoms with E-state index in [0.29, 0.717) is 17.8 Å². The number of aromatic nitrogens is 3. The monoisotopic (exact) mass is 386 g/mol. The molecule has 0 saturated heterocycles. The summed E-state index contributed by atoms with van der Waals surface area (Å²) in [5.41, 5.74) is 4.66. The van der Waals surface area contributed by atoms with E-state index < -0.39 is 0 Å². The van der Waals surface area contributed by atoms with Gasteiger partial charge in [-0.25, -0.2) is 9.97 Å². The summed E-state index contributed by atoms with van der Waals surface area (Å²) in [6.07, 6.45) is 0. The van der Waals surface area contributed by atoms with Crippen LogP contribution in [-0.4, -0.2) is 27.6 Å². The Morgan fingerprint density at radius 3 is 2.59 bits per heavy atom. The maximum atomic E-state index is 12.5. The number of anilines is 1. The summed E-state index contributed by atoms with van der Waals surface area (Å²) in [5, 5.41) is 2.94. The van der Waals surface area contributed by atoms with Crippen LogP contribution in [0.15, 0.2) is 60.7 Å². The minimum absolute atomic E-state index is 0.164. The van der Waals surface area contributed by atoms with Crippen LogP contribution >= 0.6 is 0 Å². The third-order valence-corrected chi connectivity index (χ3v) is 4.86. The summed E-state index contributed by atoms with van der Waals surface area (Å²) >= 11 is 0. The molecule has 2 heterocycles. The Bertz CT molecular complexity index is 1180. The summed E-state index contributed by atoms with van der Waals surface area (Å²) in [6.45, 7) is 4.49. The molecule has 0 aliphatic carbocycles. The van der Waals surface area contributed by atoms with Crippen LogP contribution in [0, 0.1) is 13.8 Å². The van der Waals surface area contributed by atoms with E-state index in [-0.39, 0.29) is 5.91 Å². The zero-order chi connectivity index (χ0) is 20.4. The van der Waals surface area contributed by atoms with Crippen LogP contribution in [0.1, 0.15) is 27.4 Å². The highest BCUT2D eigenvalue weighted by atomic mass is 16.5. The summed E-state index contributed by atoms with van der Waals surface area (Å²) in [6, 6.07) is 19.0. The number of methoxy groups -OCH3 is 1. The highest BCUT2D eigenvalue weighted by Gasteiger charge is 2.14. The molecule has 1 amide bonds. The smallest absolute Gasteiger partial charge is 0.255 e. The quantitative estimate of drug-likeness (QED) is 0.553. The first-order chi connectivity index (χ1) is 14.0. The molecule has 2 aromatic heterocycles. The SMILES string of the molecule is COc1cccc(Cn2c(C)nc3cc(NC(=O)c4ccccc4)c(C)nc32)c1. The second-order valence-electron chi connectivity index (χ2n) is 6.88. The number of imidazole rings is 1. The second kappa shape index (κ2) is 7.75. The molecule has 4 rings (SSSR count). The molecule has 0 radical (unpaired) electrons. The van der Waals surface area contributed by atoms with Crippen LogP contribution < -0.4 is 10.1 Å². The molecule has 29 heavy (non-hydrogen) atoms. The van der Waals surface area contributed by atoms with Gasteiger partial charge in [0.25, 0.3) is 5.91 Å². The molecule has 6 heteroatoms. The fourth-order valence-corrected chi connectivity index (χ4v) is 3.30. The summed E-state index contributed by atoms with van der Waals surface area (Å²) in [5.74, 6) is 1.52. The topological polar surface area (TPSA) is 69.0 Å². The Balaban J connectivity index is 1.66. The molecule has 0 atom stereocenters. The zero-order valence-electron chi connectivity index (χ0n) is 16.6. The number of rotatable bonds is 5. The van der Waals surface area contributed by atoms with Gasteiger partial charge in [-0.2, -0.15) is 0 Å². The molecule has 6 nitrogen and oxygen atoms in total. The van der Waals surface area contributed by atoms with Gasteiger partial charge in [0.1, 0.15) is 17.1 Å². The van der Waals surface area contributed by atoms with Gasteiger partial charge in [-0.3, -0.25) is 4.79 Å². The molecular formula is C23H22N4O2. The molecule has 0 saturated carbocycles. The molecular weight excluding hydrogens is 364 g/mol. The van der Waals surface area contributed by atoms with Gasteiger partial charge in [0.2, 0.25) is 0 Å². The fourth-order valence-electron chi connectivity index (χ4n) is 3.30. The minimum atomic E-state index is -0.164. The van der Waals surface area contributed by atoms with Crippen molar-refractivity contribution in [1.29, 1.82) is 0 Å². The lowest BCUT2D eigenvalue weighted by Crippen LogP contribution is -2.13. The number of hydrogen-bond donors (Lipinski definition) is 1. The van der Waals surface area contributed by atoms with Crippen LogP contribution in [0.5, 0.6) is 5.75 Å². The Morgan fingerprint density at radius 1 is 1.03 bits per heavy atom. The van der Waals surface area contributed by atoms with Crippen LogP contribution in [0.25, 0.3) is 11.2 Å². The van der Waals surface area contributed by atoms with E-state index in [9.17, 15) is 4.79 Å². The molecule has 1 N–H and O–H groups in total. The van der Waals surface area contributed by atoms with Crippen molar-refractivity contribution in [2.75, 3.05) is 12.4 Å². The lowest BCUT2D eigenvalue weighted by molar-refractivity contribution is 0.102. The van der Waals surface area contributed by atoms with Gasteiger partial charge in [-0.1, -0.05) is 30.3 Å². The highest BCUT2D eigenvalue weighted by Crippen LogP contribution is 2.23. The Labute approximate surface area is 169 Å². The first-order valence-corrected chi connectivity index (χ1v) is 9.39. The molecule has 0 fully saturated rings. The molecule has 0 spiro atoms. The van der Waals surface area contributed by atoms with Gasteiger partial charge >= 0.3 is 0 Å². The summed E-state index contributed by atoms with van der Waals surface area (Å²) in [4.78, 5) is 21.9. The van der Waals surface area contributed by atoms with Crippen molar-refractivity contribution in [2.45, 2.75) is 20.4 Å². The van der Waals surface area contributed by atoms with Gasteiger partial charge in [0.05, 0.1) is 25.0 Å². The van der Waals surface area contributed by atoms with Crippen LogP contribution in [0.3, 0.4) is 0 Å². The first-order valence-electron chi connectivity index (χ1n) is 9.39. The van der Waals surface area contributed by atoms with E-state index in [1.165, 1.54) is 0 Å². The number of benzene rings is 2. The molecule has 0 aliphatic heterocycles. The number of fused-ring (bicyclic) bond motifs is 1. The van der Waals surface area contributed by atoms with E-state index in [1.807, 2.05) is 56.3 Å². The second-order valence-corrected chi connectivity index (χ2v) is 6.88. The molecule has 2 aromatic carbocycles. The van der Waals surface area contributed by atoms with Crippen LogP contribution in [0.4, 0.5) is 5.69 Å². The third-order valence-electron chi connectivity index (χ3n) is 4.86. The van der Waals surface area contributed by atoms with E-state index in [4.69, 9.17) is 9.72 Å². The predicted octanol–water partition coefficient (Wildman–Crippen LogP) is 4.36. The molecule has 146 valence electrons. The number of ether oxygens (including phenoxy) is 1. The van der Waals surface area contributed by atoms with Gasteiger partial charge in [-0.15, -0.1) is 0 Å². The lowest BCUT2D eigenvalue weighted by Gasteiger charge is -2.10. The number of nitrogens with zero attached hydrogens (tertiary/aromatic N) is 3. The molecule has 4 aromatic rings. The van der Waals surface area contributed by atoms with Gasteiger partial charge in [0, 0.05) is 5.56 Å². The molecule has 0 unspecified atom stereocenters. The van der Waals surface area contributed by atoms with Crippen molar-refractivity contribution in [3.8, 4) is 5.75 Å². The van der Waals surface area contributed by atoms with Crippen molar-refractivity contribution in [3.63, 3.8) is 0 Å². The van der Waals surface area contributed by atoms with Gasteiger partial charge < -0.3 is 14.6 Å². The Morgan fingerprint density at radius 2 is 1.83 bits per heavy atom. The summed E-state index contributed by atoms with van der Waals surface area (Å²) < 4.78 is 7.39. The highest BCUT2D eigenvalue weighted by molar-refractivity contribution is 6.05. The van der Waals surface area contributed by atoms with E-state index >= 15 is 0 Å². The molecule has 0 aliphatic rings. The zero-order valence-corrected chi connectivity index (χ0v) is 16.6. The lowest BCUT2D eigenvalue weighted by atomic mass is 10.2. The van der Waals surface area contributed by atoms with Crippen molar-refractivity contribution in [3.05, 3.63) is 83.3 Å². The number of carbonyl (C=O) groups excluding carboxylic acids is 1. The maximum absolute atomic E-state index is 12.5. The average Bonchev–Trinajstić information content (AvgIpc) is 3.03. The van der Waals surface area contributed by atoms with Crippen molar-refractivity contribution in [1.82, 2.24) is 14.5 Å². The largest absolute Gasteiger partial charge is 0.497 e. The number of aryl methyl sites for hydroxylation is 2. The standard InChI is InChI=1S/C23H22N4O2/c1-15-20(26-23(28)18-9-5-4-6-10-18)13-21-22(24-15)27(16(2)25-21)14-17-8-7-11-19(12-17)29-3/h4-13H,14H2,1-3H3,(H,26,28).